The molecular formula is C14H16BrNO2. The molecule has 1 aromatic heterocycles. The molecule has 0 unspecified atom stereocenters. The fraction of sp³-hybridized carbons (Fsp3) is 0.357. The SMILES string of the molecule is CCn1c(C(C)(C)C(=O)O)cc2cccc(Br)c21. The van der Waals surface area contributed by atoms with Gasteiger partial charge in [0.05, 0.1) is 5.52 Å². The van der Waals surface area contributed by atoms with E-state index in [1.807, 2.05) is 31.2 Å². The molecule has 0 aliphatic carbocycles. The van der Waals surface area contributed by atoms with Gasteiger partial charge >= 0.3 is 5.97 Å². The summed E-state index contributed by atoms with van der Waals surface area (Å²) in [5.74, 6) is -0.809. The summed E-state index contributed by atoms with van der Waals surface area (Å²) in [5.41, 5.74) is 0.998. The molecule has 0 saturated carbocycles. The average molecular weight is 310 g/mol. The molecule has 0 radical (unpaired) electrons. The molecule has 0 atom stereocenters. The third kappa shape index (κ3) is 1.85. The summed E-state index contributed by atoms with van der Waals surface area (Å²) < 4.78 is 3.06. The number of carboxylic acid groups (broad SMARTS) is 1. The number of halogens is 1. The first-order valence-corrected chi connectivity index (χ1v) is 6.70. The zero-order chi connectivity index (χ0) is 13.5. The number of hydrogen-bond donors (Lipinski definition) is 1. The second-order valence-electron chi connectivity index (χ2n) is 4.88. The first kappa shape index (κ1) is 13.1. The van der Waals surface area contributed by atoms with E-state index in [-0.39, 0.29) is 0 Å². The zero-order valence-electron chi connectivity index (χ0n) is 10.7. The summed E-state index contributed by atoms with van der Waals surface area (Å²) in [6, 6.07) is 7.92. The van der Waals surface area contributed by atoms with Gasteiger partial charge in [0.25, 0.3) is 0 Å². The van der Waals surface area contributed by atoms with Gasteiger partial charge in [-0.1, -0.05) is 12.1 Å². The van der Waals surface area contributed by atoms with Crippen molar-refractivity contribution in [1.82, 2.24) is 4.57 Å². The Morgan fingerprint density at radius 2 is 2.11 bits per heavy atom. The normalized spacial score (nSPS) is 12.0. The Morgan fingerprint density at radius 1 is 1.44 bits per heavy atom. The Balaban J connectivity index is 2.81. The summed E-state index contributed by atoms with van der Waals surface area (Å²) in [7, 11) is 0. The molecule has 2 rings (SSSR count). The smallest absolute Gasteiger partial charge is 0.315 e. The van der Waals surface area contributed by atoms with E-state index in [1.165, 1.54) is 0 Å². The summed E-state index contributed by atoms with van der Waals surface area (Å²) in [4.78, 5) is 11.4. The van der Waals surface area contributed by atoms with Crippen molar-refractivity contribution in [2.24, 2.45) is 0 Å². The predicted molar refractivity (Wildman–Crippen MR) is 76.0 cm³/mol. The molecule has 0 aliphatic rings. The number of aryl methyl sites for hydroxylation is 1. The van der Waals surface area contributed by atoms with Gasteiger partial charge in [0, 0.05) is 22.1 Å². The fourth-order valence-electron chi connectivity index (χ4n) is 2.23. The van der Waals surface area contributed by atoms with Gasteiger partial charge in [-0.25, -0.2) is 0 Å². The van der Waals surface area contributed by atoms with Crippen LogP contribution in [0.5, 0.6) is 0 Å². The molecule has 96 valence electrons. The Bertz CT molecular complexity index is 614. The quantitative estimate of drug-likeness (QED) is 0.937. The highest BCUT2D eigenvalue weighted by Gasteiger charge is 2.33. The van der Waals surface area contributed by atoms with Crippen LogP contribution < -0.4 is 0 Å². The van der Waals surface area contributed by atoms with Crippen LogP contribution in [0.2, 0.25) is 0 Å². The van der Waals surface area contributed by atoms with Gasteiger partial charge < -0.3 is 9.67 Å². The number of aliphatic carboxylic acids is 1. The number of benzene rings is 1. The van der Waals surface area contributed by atoms with E-state index in [9.17, 15) is 9.90 Å². The lowest BCUT2D eigenvalue weighted by Crippen LogP contribution is -2.31. The van der Waals surface area contributed by atoms with Crippen LogP contribution in [0.1, 0.15) is 26.5 Å². The van der Waals surface area contributed by atoms with Crippen molar-refractivity contribution in [2.45, 2.75) is 32.7 Å². The molecule has 2 aromatic rings. The zero-order valence-corrected chi connectivity index (χ0v) is 12.3. The van der Waals surface area contributed by atoms with Crippen LogP contribution in [-0.2, 0) is 16.8 Å². The molecule has 0 bridgehead atoms. The number of carbonyl (C=O) groups is 1. The van der Waals surface area contributed by atoms with Gasteiger partial charge in [-0.3, -0.25) is 4.79 Å². The molecule has 1 N–H and O–H groups in total. The molecule has 0 amide bonds. The third-order valence-corrected chi connectivity index (χ3v) is 4.00. The summed E-state index contributed by atoms with van der Waals surface area (Å²) >= 11 is 3.54. The van der Waals surface area contributed by atoms with Crippen molar-refractivity contribution in [2.75, 3.05) is 0 Å². The third-order valence-electron chi connectivity index (χ3n) is 3.36. The number of aromatic nitrogens is 1. The van der Waals surface area contributed by atoms with E-state index in [0.717, 1.165) is 27.6 Å². The fourth-order valence-corrected chi connectivity index (χ4v) is 2.83. The Hall–Kier alpha value is -1.29. The summed E-state index contributed by atoms with van der Waals surface area (Å²) in [5, 5.41) is 10.4. The van der Waals surface area contributed by atoms with Crippen LogP contribution in [-0.4, -0.2) is 15.6 Å². The summed E-state index contributed by atoms with van der Waals surface area (Å²) in [6.07, 6.45) is 0. The van der Waals surface area contributed by atoms with Crippen LogP contribution in [0.25, 0.3) is 10.9 Å². The maximum Gasteiger partial charge on any atom is 0.315 e. The van der Waals surface area contributed by atoms with Gasteiger partial charge in [-0.15, -0.1) is 0 Å². The minimum Gasteiger partial charge on any atom is -0.481 e. The molecular weight excluding hydrogens is 294 g/mol. The Morgan fingerprint density at radius 3 is 2.67 bits per heavy atom. The lowest BCUT2D eigenvalue weighted by atomic mass is 9.89. The molecule has 4 heteroatoms. The standard InChI is InChI=1S/C14H16BrNO2/c1-4-16-11(14(2,3)13(17)18)8-9-6-5-7-10(15)12(9)16/h5-8H,4H2,1-3H3,(H,17,18). The minimum atomic E-state index is -0.894. The van der Waals surface area contributed by atoms with Crippen molar-refractivity contribution in [3.63, 3.8) is 0 Å². The van der Waals surface area contributed by atoms with Crippen molar-refractivity contribution in [1.29, 1.82) is 0 Å². The predicted octanol–water partition coefficient (Wildman–Crippen LogP) is 3.79. The topological polar surface area (TPSA) is 42.2 Å². The van der Waals surface area contributed by atoms with E-state index < -0.39 is 11.4 Å². The molecule has 0 spiro atoms. The number of rotatable bonds is 3. The van der Waals surface area contributed by atoms with Gasteiger partial charge in [0.2, 0.25) is 0 Å². The molecule has 0 saturated heterocycles. The average Bonchev–Trinajstić information content (AvgIpc) is 2.69. The van der Waals surface area contributed by atoms with E-state index in [1.54, 1.807) is 13.8 Å². The second-order valence-corrected chi connectivity index (χ2v) is 5.74. The van der Waals surface area contributed by atoms with Gasteiger partial charge in [0.1, 0.15) is 5.41 Å². The highest BCUT2D eigenvalue weighted by molar-refractivity contribution is 9.10. The molecule has 3 nitrogen and oxygen atoms in total. The molecule has 0 fully saturated rings. The van der Waals surface area contributed by atoms with Gasteiger partial charge in [-0.2, -0.15) is 0 Å². The van der Waals surface area contributed by atoms with Crippen LogP contribution in [0, 0.1) is 0 Å². The Kier molecular flexibility index (Phi) is 3.23. The number of para-hydroxylation sites is 1. The monoisotopic (exact) mass is 309 g/mol. The largest absolute Gasteiger partial charge is 0.481 e. The highest BCUT2D eigenvalue weighted by Crippen LogP contribution is 2.33. The summed E-state index contributed by atoms with van der Waals surface area (Å²) in [6.45, 7) is 6.26. The Labute approximate surface area is 115 Å². The number of carboxylic acids is 1. The lowest BCUT2D eigenvalue weighted by Gasteiger charge is -2.21. The van der Waals surface area contributed by atoms with E-state index in [0.29, 0.717) is 0 Å². The van der Waals surface area contributed by atoms with Gasteiger partial charge in [0.15, 0.2) is 0 Å². The number of hydrogen-bond acceptors (Lipinski definition) is 1. The molecule has 1 heterocycles. The lowest BCUT2D eigenvalue weighted by molar-refractivity contribution is -0.142. The van der Waals surface area contributed by atoms with Crippen molar-refractivity contribution in [3.05, 3.63) is 34.4 Å². The van der Waals surface area contributed by atoms with Crippen molar-refractivity contribution in [3.8, 4) is 0 Å². The van der Waals surface area contributed by atoms with Gasteiger partial charge in [-0.05, 0) is 48.8 Å². The minimum absolute atomic E-state index is 0.748. The van der Waals surface area contributed by atoms with Crippen LogP contribution in [0.15, 0.2) is 28.7 Å². The molecule has 0 aliphatic heterocycles. The number of fused-ring (bicyclic) bond motifs is 1. The van der Waals surface area contributed by atoms with Crippen molar-refractivity contribution >= 4 is 32.8 Å². The first-order chi connectivity index (χ1) is 8.39. The second kappa shape index (κ2) is 4.43. The van der Waals surface area contributed by atoms with E-state index >= 15 is 0 Å². The highest BCUT2D eigenvalue weighted by atomic mass is 79.9. The number of nitrogens with zero attached hydrogens (tertiary/aromatic N) is 1. The molecule has 18 heavy (non-hydrogen) atoms. The van der Waals surface area contributed by atoms with E-state index in [4.69, 9.17) is 0 Å². The van der Waals surface area contributed by atoms with Crippen molar-refractivity contribution < 1.29 is 9.90 Å². The molecule has 1 aromatic carbocycles. The maximum atomic E-state index is 11.4. The van der Waals surface area contributed by atoms with E-state index in [2.05, 4.69) is 20.5 Å². The van der Waals surface area contributed by atoms with Crippen LogP contribution >= 0.6 is 15.9 Å². The first-order valence-electron chi connectivity index (χ1n) is 5.91. The maximum absolute atomic E-state index is 11.4. The van der Waals surface area contributed by atoms with Crippen LogP contribution in [0.4, 0.5) is 0 Å². The van der Waals surface area contributed by atoms with Crippen LogP contribution in [0.3, 0.4) is 0 Å².